The summed E-state index contributed by atoms with van der Waals surface area (Å²) in [7, 11) is -3.17. The van der Waals surface area contributed by atoms with E-state index in [9.17, 15) is 4.21 Å². The maximum atomic E-state index is 14.0. The average molecular weight is 506 g/mol. The van der Waals surface area contributed by atoms with Gasteiger partial charge in [-0.15, -0.1) is 0 Å². The summed E-state index contributed by atoms with van der Waals surface area (Å²) in [6, 6.07) is 26.5. The Morgan fingerprint density at radius 1 is 0.703 bits per heavy atom. The number of para-hydroxylation sites is 1. The van der Waals surface area contributed by atoms with Crippen LogP contribution in [0.3, 0.4) is 0 Å². The smallest absolute Gasteiger partial charge is 0.456 e. The van der Waals surface area contributed by atoms with E-state index >= 15 is 0 Å². The topological polar surface area (TPSA) is 48.7 Å². The zero-order chi connectivity index (χ0) is 25.7. The predicted octanol–water partition coefficient (Wildman–Crippen LogP) is 6.67. The quantitative estimate of drug-likeness (QED) is 0.195. The van der Waals surface area contributed by atoms with Crippen LogP contribution in [0.2, 0.25) is 0 Å². The molecule has 1 atom stereocenters. The Labute approximate surface area is 217 Å². The van der Waals surface area contributed by atoms with E-state index in [2.05, 4.69) is 36.2 Å². The van der Waals surface area contributed by atoms with Gasteiger partial charge in [0.1, 0.15) is 11.2 Å². The van der Waals surface area contributed by atoms with Gasteiger partial charge in [0.25, 0.3) is 0 Å². The van der Waals surface area contributed by atoms with Crippen LogP contribution >= 0.6 is 0 Å². The molecule has 0 saturated carbocycles. The lowest BCUT2D eigenvalue weighted by atomic mass is 9.78. The maximum Gasteiger partial charge on any atom is 0.494 e. The van der Waals surface area contributed by atoms with Crippen LogP contribution in [0, 0.1) is 0 Å². The first-order valence-corrected chi connectivity index (χ1v) is 14.2. The standard InChI is InChI=1S/C31H27BO4S/c1-30(2)31(3,4)36-32(35-30)21-12-14-24-25-16-19(11-15-28(25)37(5,33)29(24)18-21)20-10-13-23-22-8-6-7-9-26(22)34-27(23)17-20/h6-18H,5H2,1-4H3. The SMILES string of the molecule is C=S1(=O)c2ccc(-c3ccc4c(c3)oc3ccccc34)cc2-c2ccc(B3OC(C)(C)C(C)(C)O3)cc21. The molecule has 37 heavy (non-hydrogen) atoms. The highest BCUT2D eigenvalue weighted by atomic mass is 32.2. The minimum Gasteiger partial charge on any atom is -0.456 e. The molecule has 184 valence electrons. The molecule has 4 aromatic carbocycles. The van der Waals surface area contributed by atoms with Gasteiger partial charge in [0.2, 0.25) is 0 Å². The van der Waals surface area contributed by atoms with Crippen LogP contribution in [-0.2, 0) is 18.8 Å². The van der Waals surface area contributed by atoms with Crippen LogP contribution in [0.1, 0.15) is 27.7 Å². The summed E-state index contributed by atoms with van der Waals surface area (Å²) >= 11 is 0. The van der Waals surface area contributed by atoms with Crippen molar-refractivity contribution in [3.63, 3.8) is 0 Å². The molecule has 0 N–H and O–H groups in total. The first-order valence-electron chi connectivity index (χ1n) is 12.5. The Kier molecular flexibility index (Phi) is 4.56. The molecule has 7 rings (SSSR count). The lowest BCUT2D eigenvalue weighted by Crippen LogP contribution is -2.41. The summed E-state index contributed by atoms with van der Waals surface area (Å²) < 4.78 is 32.6. The first-order chi connectivity index (χ1) is 17.5. The third kappa shape index (κ3) is 3.23. The Hall–Kier alpha value is -3.32. The zero-order valence-electron chi connectivity index (χ0n) is 21.3. The van der Waals surface area contributed by atoms with E-state index in [1.54, 1.807) is 0 Å². The van der Waals surface area contributed by atoms with Crippen molar-refractivity contribution < 1.29 is 17.9 Å². The minimum atomic E-state index is -2.66. The molecule has 1 unspecified atom stereocenters. The predicted molar refractivity (Wildman–Crippen MR) is 152 cm³/mol. The Morgan fingerprint density at radius 3 is 2.16 bits per heavy atom. The van der Waals surface area contributed by atoms with Crippen LogP contribution < -0.4 is 5.46 Å². The molecular weight excluding hydrogens is 479 g/mol. The number of rotatable bonds is 2. The van der Waals surface area contributed by atoms with Gasteiger partial charge in [-0.1, -0.05) is 42.5 Å². The monoisotopic (exact) mass is 506 g/mol. The van der Waals surface area contributed by atoms with Crippen molar-refractivity contribution >= 4 is 49.9 Å². The van der Waals surface area contributed by atoms with Gasteiger partial charge in [-0.2, -0.15) is 0 Å². The molecular formula is C31H27BO4S. The fourth-order valence-corrected chi connectivity index (χ4v) is 7.30. The zero-order valence-corrected chi connectivity index (χ0v) is 22.1. The molecule has 1 aromatic heterocycles. The Balaban J connectivity index is 1.31. The highest BCUT2D eigenvalue weighted by Gasteiger charge is 2.52. The summed E-state index contributed by atoms with van der Waals surface area (Å²) in [5.74, 6) is 4.18. The van der Waals surface area contributed by atoms with E-state index in [-0.39, 0.29) is 0 Å². The molecule has 0 radical (unpaired) electrons. The van der Waals surface area contributed by atoms with E-state index in [1.165, 1.54) is 0 Å². The van der Waals surface area contributed by atoms with Gasteiger partial charge in [-0.05, 0) is 97.7 Å². The fraction of sp³-hybridized carbons (Fsp3) is 0.194. The van der Waals surface area contributed by atoms with Gasteiger partial charge < -0.3 is 13.7 Å². The molecule has 0 spiro atoms. The summed E-state index contributed by atoms with van der Waals surface area (Å²) in [5.41, 5.74) is 5.70. The van der Waals surface area contributed by atoms with Crippen molar-refractivity contribution in [1.29, 1.82) is 0 Å². The second-order valence-electron chi connectivity index (χ2n) is 11.0. The third-order valence-corrected chi connectivity index (χ3v) is 10.3. The van der Waals surface area contributed by atoms with Crippen LogP contribution in [-0.4, -0.2) is 28.4 Å². The minimum absolute atomic E-state index is 0.443. The van der Waals surface area contributed by atoms with E-state index in [4.69, 9.17) is 13.7 Å². The molecule has 1 saturated heterocycles. The lowest BCUT2D eigenvalue weighted by molar-refractivity contribution is 0.00578. The van der Waals surface area contributed by atoms with Crippen molar-refractivity contribution in [2.45, 2.75) is 48.7 Å². The molecule has 2 aliphatic heterocycles. The van der Waals surface area contributed by atoms with Gasteiger partial charge in [-0.3, -0.25) is 4.21 Å². The number of fused-ring (bicyclic) bond motifs is 6. The molecule has 3 heterocycles. The van der Waals surface area contributed by atoms with E-state index < -0.39 is 27.8 Å². The highest BCUT2D eigenvalue weighted by Crippen LogP contribution is 2.45. The van der Waals surface area contributed by atoms with Gasteiger partial charge >= 0.3 is 7.12 Å². The van der Waals surface area contributed by atoms with Crippen LogP contribution in [0.15, 0.2) is 93.1 Å². The van der Waals surface area contributed by atoms with Crippen LogP contribution in [0.25, 0.3) is 44.2 Å². The normalized spacial score (nSPS) is 21.5. The van der Waals surface area contributed by atoms with Crippen LogP contribution in [0.4, 0.5) is 0 Å². The molecule has 5 aromatic rings. The fourth-order valence-electron chi connectivity index (χ4n) is 5.39. The number of hydrogen-bond donors (Lipinski definition) is 0. The van der Waals surface area contributed by atoms with Crippen LogP contribution in [0.5, 0.6) is 0 Å². The molecule has 6 heteroatoms. The molecule has 1 fully saturated rings. The van der Waals surface area contributed by atoms with Gasteiger partial charge in [0, 0.05) is 30.1 Å². The van der Waals surface area contributed by atoms with Crippen molar-refractivity contribution in [3.05, 3.63) is 78.9 Å². The number of hydrogen-bond acceptors (Lipinski definition) is 4. The molecule has 4 nitrogen and oxygen atoms in total. The maximum absolute atomic E-state index is 14.0. The summed E-state index contributed by atoms with van der Waals surface area (Å²) in [6.45, 7) is 8.13. The van der Waals surface area contributed by atoms with Gasteiger partial charge in [0.05, 0.1) is 11.2 Å². The second kappa shape index (κ2) is 7.38. The first kappa shape index (κ1) is 22.8. The summed E-state index contributed by atoms with van der Waals surface area (Å²) in [4.78, 5) is 1.50. The van der Waals surface area contributed by atoms with Crippen molar-refractivity contribution in [2.75, 3.05) is 0 Å². The van der Waals surface area contributed by atoms with E-state index in [1.807, 2.05) is 76.2 Å². The van der Waals surface area contributed by atoms with Crippen molar-refractivity contribution in [1.82, 2.24) is 0 Å². The van der Waals surface area contributed by atoms with Gasteiger partial charge in [-0.25, -0.2) is 0 Å². The number of benzene rings is 4. The van der Waals surface area contributed by atoms with E-state index in [0.29, 0.717) is 0 Å². The third-order valence-electron chi connectivity index (χ3n) is 8.22. The molecule has 0 aliphatic carbocycles. The molecule has 0 amide bonds. The number of furan rings is 1. The Bertz CT molecular complexity index is 1850. The Morgan fingerprint density at radius 2 is 1.38 bits per heavy atom. The van der Waals surface area contributed by atoms with Crippen molar-refractivity contribution in [3.8, 4) is 22.3 Å². The van der Waals surface area contributed by atoms with E-state index in [0.717, 1.165) is 59.4 Å². The summed E-state index contributed by atoms with van der Waals surface area (Å²) in [6.07, 6.45) is 0. The largest absolute Gasteiger partial charge is 0.494 e. The average Bonchev–Trinajstić information content (AvgIpc) is 3.43. The molecule has 2 aliphatic rings. The summed E-state index contributed by atoms with van der Waals surface area (Å²) in [5, 5.41) is 2.21. The van der Waals surface area contributed by atoms with Gasteiger partial charge in [0.15, 0.2) is 0 Å². The lowest BCUT2D eigenvalue weighted by Gasteiger charge is -2.32. The highest BCUT2D eigenvalue weighted by molar-refractivity contribution is 8.01. The molecule has 0 bridgehead atoms. The van der Waals surface area contributed by atoms with Crippen molar-refractivity contribution in [2.24, 2.45) is 0 Å². The second-order valence-corrected chi connectivity index (χ2v) is 13.3.